The number of anilines is 2. The van der Waals surface area contributed by atoms with Crippen molar-refractivity contribution in [1.82, 2.24) is 29.4 Å². The quantitative estimate of drug-likeness (QED) is 0.144. The minimum absolute atomic E-state index is 0.0664. The highest BCUT2D eigenvalue weighted by Gasteiger charge is 2.31. The molecule has 0 aliphatic carbocycles. The van der Waals surface area contributed by atoms with Crippen LogP contribution in [0, 0.1) is 0 Å². The average Bonchev–Trinajstić information content (AvgIpc) is 3.25. The molecule has 11 nitrogen and oxygen atoms in total. The molecule has 4 aromatic heterocycles. The average molecular weight is 850 g/mol. The Labute approximate surface area is 347 Å². The molecule has 0 aliphatic heterocycles. The van der Waals surface area contributed by atoms with Gasteiger partial charge < -0.3 is 24.5 Å². The fourth-order valence-corrected chi connectivity index (χ4v) is 6.22. The molecular formula is C45H33F6N7O4. The maximum Gasteiger partial charge on any atom is 0.416 e. The summed E-state index contributed by atoms with van der Waals surface area (Å²) in [6.45, 7) is 0.0664. The van der Waals surface area contributed by atoms with E-state index in [-0.39, 0.29) is 29.1 Å². The van der Waals surface area contributed by atoms with Gasteiger partial charge in [-0.05, 0) is 78.4 Å². The topological polar surface area (TPSA) is 135 Å². The van der Waals surface area contributed by atoms with Crippen molar-refractivity contribution in [3.8, 4) is 34.0 Å². The normalized spacial score (nSPS) is 11.5. The van der Waals surface area contributed by atoms with Gasteiger partial charge in [0, 0.05) is 73.8 Å². The van der Waals surface area contributed by atoms with E-state index in [2.05, 4.69) is 25.3 Å². The third kappa shape index (κ3) is 9.62. The molecule has 0 saturated heterocycles. The highest BCUT2D eigenvalue weighted by molar-refractivity contribution is 5.87. The van der Waals surface area contributed by atoms with Gasteiger partial charge in [0.2, 0.25) is 5.91 Å². The van der Waals surface area contributed by atoms with Crippen LogP contribution in [0.5, 0.6) is 11.5 Å². The molecule has 0 bridgehead atoms. The summed E-state index contributed by atoms with van der Waals surface area (Å²) in [5, 5.41) is 3.86. The highest BCUT2D eigenvalue weighted by Crippen LogP contribution is 2.36. The Balaban J connectivity index is 0.000000190. The summed E-state index contributed by atoms with van der Waals surface area (Å²) in [6, 6.07) is 25.9. The van der Waals surface area contributed by atoms with Crippen LogP contribution in [-0.2, 0) is 23.7 Å². The summed E-state index contributed by atoms with van der Waals surface area (Å²) in [6.07, 6.45) is -1.33. The number of aromatic nitrogens is 5. The number of hydrogen-bond acceptors (Lipinski definition) is 8. The van der Waals surface area contributed by atoms with Gasteiger partial charge >= 0.3 is 12.4 Å². The van der Waals surface area contributed by atoms with Gasteiger partial charge in [-0.25, -0.2) is 9.97 Å². The lowest BCUT2D eigenvalue weighted by atomic mass is 10.0. The molecule has 17 heteroatoms. The van der Waals surface area contributed by atoms with Gasteiger partial charge in [0.1, 0.15) is 23.7 Å². The number of H-pyrrole nitrogens is 1. The number of amides is 1. The predicted molar refractivity (Wildman–Crippen MR) is 222 cm³/mol. The van der Waals surface area contributed by atoms with Crippen LogP contribution < -0.4 is 20.9 Å². The summed E-state index contributed by atoms with van der Waals surface area (Å²) in [7, 11) is 3.32. The van der Waals surface area contributed by atoms with Gasteiger partial charge in [-0.3, -0.25) is 19.4 Å². The molecule has 0 unspecified atom stereocenters. The van der Waals surface area contributed by atoms with Crippen LogP contribution >= 0.6 is 0 Å². The second kappa shape index (κ2) is 17.4. The molecule has 0 aliphatic rings. The number of halogens is 6. The number of carbonyl (C=O) groups is 1. The van der Waals surface area contributed by atoms with E-state index in [1.807, 2.05) is 12.1 Å². The standard InChI is InChI=1S/C26H21F3N2O3.C19H12F3N5O/c1-30(2)25(33)16-31-14-13-23(32)21-12-7-17(15-22(21)31)20-5-3-4-6-24(20)34-19-10-8-18(9-11-19)26(27,28)29;20-19(21,22)11-1-3-12(4-2-11)27-18-17(24-7-8-25-18)15-9-14-13(10-26-15)16(28)5-6-23-14/h3-15H,16H2,1-2H3;1-10H,(H,23,28)(H,25,27). The van der Waals surface area contributed by atoms with Crippen molar-refractivity contribution in [2.24, 2.45) is 0 Å². The van der Waals surface area contributed by atoms with Crippen LogP contribution in [0.1, 0.15) is 11.1 Å². The van der Waals surface area contributed by atoms with Crippen molar-refractivity contribution in [3.05, 3.63) is 172 Å². The Morgan fingerprint density at radius 3 is 2.11 bits per heavy atom. The SMILES string of the molecule is CN(C)C(=O)Cn1ccc(=O)c2ccc(-c3ccccc3Oc3ccc(C(F)(F)F)cc3)cc21.O=c1cc[nH]c2cc(-c3nccnc3Nc3ccc(C(F)(F)F)cc3)ncc12. The first-order chi connectivity index (χ1) is 29.5. The van der Waals surface area contributed by atoms with Crippen molar-refractivity contribution >= 4 is 39.2 Å². The van der Waals surface area contributed by atoms with E-state index < -0.39 is 23.5 Å². The molecule has 0 saturated carbocycles. The highest BCUT2D eigenvalue weighted by atomic mass is 19.4. The van der Waals surface area contributed by atoms with E-state index in [0.717, 1.165) is 29.8 Å². The molecule has 8 rings (SSSR count). The van der Waals surface area contributed by atoms with Crippen LogP contribution in [-0.4, -0.2) is 49.4 Å². The Kier molecular flexibility index (Phi) is 11.9. The second-order valence-electron chi connectivity index (χ2n) is 13.9. The van der Waals surface area contributed by atoms with Gasteiger partial charge in [0.25, 0.3) is 0 Å². The minimum atomic E-state index is -4.43. The van der Waals surface area contributed by atoms with Gasteiger partial charge in [-0.15, -0.1) is 0 Å². The maximum absolute atomic E-state index is 12.9. The van der Waals surface area contributed by atoms with Crippen molar-refractivity contribution in [1.29, 1.82) is 0 Å². The molecule has 0 radical (unpaired) electrons. The first kappa shape index (κ1) is 42.3. The van der Waals surface area contributed by atoms with Crippen molar-refractivity contribution in [2.75, 3.05) is 19.4 Å². The number of hydrogen-bond donors (Lipinski definition) is 2. The number of pyridine rings is 3. The van der Waals surface area contributed by atoms with E-state index in [4.69, 9.17) is 4.74 Å². The van der Waals surface area contributed by atoms with Gasteiger partial charge in [0.15, 0.2) is 16.7 Å². The number of alkyl halides is 6. The van der Waals surface area contributed by atoms with Crippen molar-refractivity contribution < 1.29 is 35.9 Å². The predicted octanol–water partition coefficient (Wildman–Crippen LogP) is 9.71. The van der Waals surface area contributed by atoms with E-state index >= 15 is 0 Å². The maximum atomic E-state index is 12.9. The first-order valence-electron chi connectivity index (χ1n) is 18.6. The summed E-state index contributed by atoms with van der Waals surface area (Å²) in [4.78, 5) is 53.7. The zero-order chi connectivity index (χ0) is 44.2. The molecule has 1 amide bonds. The summed E-state index contributed by atoms with van der Waals surface area (Å²) in [5.41, 5.74) is 2.05. The zero-order valence-electron chi connectivity index (χ0n) is 32.6. The summed E-state index contributed by atoms with van der Waals surface area (Å²) in [5.74, 6) is 0.902. The number of carbonyl (C=O) groups excluding carboxylic acids is 1. The second-order valence-corrected chi connectivity index (χ2v) is 13.9. The Hall–Kier alpha value is -7.82. The number of para-hydroxylation sites is 1. The van der Waals surface area contributed by atoms with Gasteiger partial charge in [-0.2, -0.15) is 26.3 Å². The number of nitrogens with one attached hydrogen (secondary N) is 2. The molecule has 4 aromatic carbocycles. The number of rotatable bonds is 8. The lowest BCUT2D eigenvalue weighted by molar-refractivity contribution is -0.138. The van der Waals surface area contributed by atoms with E-state index in [0.29, 0.717) is 56.0 Å². The van der Waals surface area contributed by atoms with Crippen LogP contribution in [0.2, 0.25) is 0 Å². The number of likely N-dealkylation sites (N-methyl/N-ethyl adjacent to an activating group) is 1. The van der Waals surface area contributed by atoms with Gasteiger partial charge in [-0.1, -0.05) is 24.3 Å². The number of aromatic amines is 1. The lowest BCUT2D eigenvalue weighted by Crippen LogP contribution is -2.26. The third-order valence-electron chi connectivity index (χ3n) is 9.45. The number of fused-ring (bicyclic) bond motifs is 2. The van der Waals surface area contributed by atoms with E-state index in [1.54, 1.807) is 61.3 Å². The lowest BCUT2D eigenvalue weighted by Gasteiger charge is -2.16. The Morgan fingerprint density at radius 1 is 0.758 bits per heavy atom. The third-order valence-corrected chi connectivity index (χ3v) is 9.45. The molecule has 62 heavy (non-hydrogen) atoms. The first-order valence-corrected chi connectivity index (χ1v) is 18.6. The fourth-order valence-electron chi connectivity index (χ4n) is 6.22. The largest absolute Gasteiger partial charge is 0.457 e. The molecule has 0 spiro atoms. The Morgan fingerprint density at radius 2 is 1.42 bits per heavy atom. The Bertz CT molecular complexity index is 3020. The number of nitrogens with zero attached hydrogens (tertiary/aromatic N) is 5. The monoisotopic (exact) mass is 849 g/mol. The van der Waals surface area contributed by atoms with Crippen LogP contribution in [0.15, 0.2) is 150 Å². The molecule has 0 fully saturated rings. The molecule has 0 atom stereocenters. The summed E-state index contributed by atoms with van der Waals surface area (Å²) >= 11 is 0. The molecule has 8 aromatic rings. The summed E-state index contributed by atoms with van der Waals surface area (Å²) < 4.78 is 84.3. The zero-order valence-corrected chi connectivity index (χ0v) is 32.6. The van der Waals surface area contributed by atoms with Crippen molar-refractivity contribution in [3.63, 3.8) is 0 Å². The molecule has 314 valence electrons. The fraction of sp³-hybridized carbons (Fsp3) is 0.111. The van der Waals surface area contributed by atoms with E-state index in [1.165, 1.54) is 66.1 Å². The minimum Gasteiger partial charge on any atom is -0.457 e. The van der Waals surface area contributed by atoms with Gasteiger partial charge in [0.05, 0.1) is 33.2 Å². The van der Waals surface area contributed by atoms with Crippen LogP contribution in [0.3, 0.4) is 0 Å². The van der Waals surface area contributed by atoms with E-state index in [9.17, 15) is 40.7 Å². The van der Waals surface area contributed by atoms with Crippen LogP contribution in [0.4, 0.5) is 37.8 Å². The van der Waals surface area contributed by atoms with Crippen molar-refractivity contribution in [2.45, 2.75) is 18.9 Å². The number of benzene rings is 4. The molecule has 2 N–H and O–H groups in total. The smallest absolute Gasteiger partial charge is 0.416 e. The van der Waals surface area contributed by atoms with Crippen LogP contribution in [0.25, 0.3) is 44.3 Å². The molecule has 4 heterocycles. The molecular weight excluding hydrogens is 817 g/mol. The number of ether oxygens (including phenoxy) is 1.